The van der Waals surface area contributed by atoms with Crippen molar-refractivity contribution < 1.29 is 9.53 Å². The molecule has 0 aliphatic carbocycles. The Balaban J connectivity index is 2.17. The van der Waals surface area contributed by atoms with Gasteiger partial charge in [-0.2, -0.15) is 0 Å². The van der Waals surface area contributed by atoms with Gasteiger partial charge in [-0.1, -0.05) is 0 Å². The van der Waals surface area contributed by atoms with Crippen LogP contribution >= 0.6 is 0 Å². The standard InChI is InChI=1S/C10H14N2O2/c1-2-12-5-4-11-10(12)9(13)8-3-6-14-7-8/h4-5,8H,2-3,6-7H2,1H3. The number of imidazole rings is 1. The summed E-state index contributed by atoms with van der Waals surface area (Å²) in [5.41, 5.74) is 0. The molecule has 0 saturated carbocycles. The molecule has 1 unspecified atom stereocenters. The van der Waals surface area contributed by atoms with Crippen LogP contribution in [0.15, 0.2) is 12.4 Å². The van der Waals surface area contributed by atoms with E-state index in [1.807, 2.05) is 17.7 Å². The van der Waals surface area contributed by atoms with Crippen LogP contribution in [0.5, 0.6) is 0 Å². The van der Waals surface area contributed by atoms with Crippen LogP contribution in [0.2, 0.25) is 0 Å². The third kappa shape index (κ3) is 1.57. The van der Waals surface area contributed by atoms with Crippen molar-refractivity contribution in [3.8, 4) is 0 Å². The first-order valence-electron chi connectivity index (χ1n) is 4.96. The van der Waals surface area contributed by atoms with E-state index in [0.29, 0.717) is 19.0 Å². The molecule has 0 amide bonds. The molecule has 0 radical (unpaired) electrons. The van der Waals surface area contributed by atoms with Crippen molar-refractivity contribution in [1.82, 2.24) is 9.55 Å². The van der Waals surface area contributed by atoms with Gasteiger partial charge in [0, 0.05) is 25.5 Å². The lowest BCUT2D eigenvalue weighted by molar-refractivity contribution is 0.0885. The van der Waals surface area contributed by atoms with Gasteiger partial charge < -0.3 is 9.30 Å². The van der Waals surface area contributed by atoms with Crippen molar-refractivity contribution in [3.05, 3.63) is 18.2 Å². The number of carbonyl (C=O) groups excluding carboxylic acids is 1. The highest BCUT2D eigenvalue weighted by Crippen LogP contribution is 2.17. The molecular weight excluding hydrogens is 180 g/mol. The fourth-order valence-corrected chi connectivity index (χ4v) is 1.71. The molecule has 1 atom stereocenters. The summed E-state index contributed by atoms with van der Waals surface area (Å²) in [6.45, 7) is 4.04. The van der Waals surface area contributed by atoms with Gasteiger partial charge >= 0.3 is 0 Å². The normalized spacial score (nSPS) is 21.4. The summed E-state index contributed by atoms with van der Waals surface area (Å²) >= 11 is 0. The minimum Gasteiger partial charge on any atom is -0.381 e. The van der Waals surface area contributed by atoms with Crippen molar-refractivity contribution in [1.29, 1.82) is 0 Å². The van der Waals surface area contributed by atoms with E-state index < -0.39 is 0 Å². The van der Waals surface area contributed by atoms with E-state index in [1.165, 1.54) is 0 Å². The Morgan fingerprint density at radius 3 is 3.29 bits per heavy atom. The van der Waals surface area contributed by atoms with Gasteiger partial charge in [0.2, 0.25) is 5.78 Å². The summed E-state index contributed by atoms with van der Waals surface area (Å²) in [7, 11) is 0. The fourth-order valence-electron chi connectivity index (χ4n) is 1.71. The number of Topliss-reactive ketones (excluding diaryl/α,β-unsaturated/α-hetero) is 1. The van der Waals surface area contributed by atoms with Crippen LogP contribution in [0.25, 0.3) is 0 Å². The van der Waals surface area contributed by atoms with Gasteiger partial charge in [0.05, 0.1) is 12.5 Å². The number of hydrogen-bond donors (Lipinski definition) is 0. The summed E-state index contributed by atoms with van der Waals surface area (Å²) in [6, 6.07) is 0. The van der Waals surface area contributed by atoms with Crippen molar-refractivity contribution >= 4 is 5.78 Å². The topological polar surface area (TPSA) is 44.1 Å². The zero-order valence-electron chi connectivity index (χ0n) is 8.27. The van der Waals surface area contributed by atoms with E-state index >= 15 is 0 Å². The van der Waals surface area contributed by atoms with Crippen molar-refractivity contribution in [3.63, 3.8) is 0 Å². The van der Waals surface area contributed by atoms with Crippen LogP contribution in [-0.2, 0) is 11.3 Å². The summed E-state index contributed by atoms with van der Waals surface area (Å²) < 4.78 is 7.07. The Morgan fingerprint density at radius 1 is 1.79 bits per heavy atom. The maximum Gasteiger partial charge on any atom is 0.203 e. The second-order valence-corrected chi connectivity index (χ2v) is 3.46. The molecule has 76 valence electrons. The van der Waals surface area contributed by atoms with Gasteiger partial charge in [0.1, 0.15) is 0 Å². The maximum absolute atomic E-state index is 11.9. The van der Waals surface area contributed by atoms with Crippen molar-refractivity contribution in [2.75, 3.05) is 13.2 Å². The lowest BCUT2D eigenvalue weighted by Crippen LogP contribution is -2.19. The van der Waals surface area contributed by atoms with E-state index in [4.69, 9.17) is 4.74 Å². The van der Waals surface area contributed by atoms with Crippen LogP contribution in [0.1, 0.15) is 24.0 Å². The highest BCUT2D eigenvalue weighted by atomic mass is 16.5. The number of nitrogens with zero attached hydrogens (tertiary/aromatic N) is 2. The Kier molecular flexibility index (Phi) is 2.63. The number of aryl methyl sites for hydroxylation is 1. The molecule has 14 heavy (non-hydrogen) atoms. The average Bonchev–Trinajstić information content (AvgIpc) is 2.87. The zero-order chi connectivity index (χ0) is 9.97. The molecule has 0 aromatic carbocycles. The highest BCUT2D eigenvalue weighted by Gasteiger charge is 2.27. The molecule has 1 fully saturated rings. The van der Waals surface area contributed by atoms with Crippen molar-refractivity contribution in [2.45, 2.75) is 19.9 Å². The number of carbonyl (C=O) groups is 1. The van der Waals surface area contributed by atoms with Gasteiger partial charge in [-0.3, -0.25) is 4.79 Å². The lowest BCUT2D eigenvalue weighted by Gasteiger charge is -2.07. The molecule has 4 heteroatoms. The molecule has 2 heterocycles. The van der Waals surface area contributed by atoms with Crippen molar-refractivity contribution in [2.24, 2.45) is 5.92 Å². The number of ether oxygens (including phenoxy) is 1. The van der Waals surface area contributed by atoms with Crippen LogP contribution in [-0.4, -0.2) is 28.5 Å². The minimum absolute atomic E-state index is 0.0164. The number of aromatic nitrogens is 2. The van der Waals surface area contributed by atoms with Crippen LogP contribution < -0.4 is 0 Å². The van der Waals surface area contributed by atoms with E-state index in [-0.39, 0.29) is 11.7 Å². The van der Waals surface area contributed by atoms with Crippen LogP contribution in [0.3, 0.4) is 0 Å². The highest BCUT2D eigenvalue weighted by molar-refractivity contribution is 5.95. The predicted octanol–water partition coefficient (Wildman–Crippen LogP) is 1.12. The van der Waals surface area contributed by atoms with Crippen LogP contribution in [0, 0.1) is 5.92 Å². The SMILES string of the molecule is CCn1ccnc1C(=O)C1CCOC1. The molecular formula is C10H14N2O2. The lowest BCUT2D eigenvalue weighted by atomic mass is 10.0. The van der Waals surface area contributed by atoms with Gasteiger partial charge in [-0.05, 0) is 13.3 Å². The third-order valence-electron chi connectivity index (χ3n) is 2.58. The molecule has 2 rings (SSSR count). The molecule has 1 aliphatic heterocycles. The summed E-state index contributed by atoms with van der Waals surface area (Å²) in [4.78, 5) is 16.0. The molecule has 0 N–H and O–H groups in total. The Hall–Kier alpha value is -1.16. The summed E-state index contributed by atoms with van der Waals surface area (Å²) in [5.74, 6) is 0.708. The second-order valence-electron chi connectivity index (χ2n) is 3.46. The number of ketones is 1. The van der Waals surface area contributed by atoms with Gasteiger partial charge in [-0.25, -0.2) is 4.98 Å². The first kappa shape index (κ1) is 9.40. The molecule has 0 bridgehead atoms. The zero-order valence-corrected chi connectivity index (χ0v) is 8.27. The van der Waals surface area contributed by atoms with Gasteiger partial charge in [-0.15, -0.1) is 0 Å². The Labute approximate surface area is 82.9 Å². The first-order valence-corrected chi connectivity index (χ1v) is 4.96. The van der Waals surface area contributed by atoms with E-state index in [1.54, 1.807) is 6.20 Å². The molecule has 1 aliphatic rings. The van der Waals surface area contributed by atoms with E-state index in [2.05, 4.69) is 4.98 Å². The largest absolute Gasteiger partial charge is 0.381 e. The molecule has 1 saturated heterocycles. The smallest absolute Gasteiger partial charge is 0.203 e. The average molecular weight is 194 g/mol. The maximum atomic E-state index is 11.9. The molecule has 1 aromatic heterocycles. The predicted molar refractivity (Wildman–Crippen MR) is 51.2 cm³/mol. The van der Waals surface area contributed by atoms with E-state index in [0.717, 1.165) is 13.0 Å². The molecule has 4 nitrogen and oxygen atoms in total. The Morgan fingerprint density at radius 2 is 2.64 bits per heavy atom. The number of hydrogen-bond acceptors (Lipinski definition) is 3. The van der Waals surface area contributed by atoms with Gasteiger partial charge in [0.15, 0.2) is 5.82 Å². The molecule has 1 aromatic rings. The number of rotatable bonds is 3. The van der Waals surface area contributed by atoms with Gasteiger partial charge in [0.25, 0.3) is 0 Å². The molecule has 0 spiro atoms. The quantitative estimate of drug-likeness (QED) is 0.677. The Bertz CT molecular complexity index is 327. The first-order chi connectivity index (χ1) is 6.83. The monoisotopic (exact) mass is 194 g/mol. The van der Waals surface area contributed by atoms with E-state index in [9.17, 15) is 4.79 Å². The minimum atomic E-state index is 0.0164. The second kappa shape index (κ2) is 3.92. The fraction of sp³-hybridized carbons (Fsp3) is 0.600. The summed E-state index contributed by atoms with van der Waals surface area (Å²) in [6.07, 6.45) is 4.34. The third-order valence-corrected chi connectivity index (χ3v) is 2.58. The van der Waals surface area contributed by atoms with Crippen LogP contribution in [0.4, 0.5) is 0 Å². The summed E-state index contributed by atoms with van der Waals surface area (Å²) in [5, 5.41) is 0.